The van der Waals surface area contributed by atoms with Crippen LogP contribution in [0.25, 0.3) is 16.6 Å². The first-order valence-corrected chi connectivity index (χ1v) is 11.0. The summed E-state index contributed by atoms with van der Waals surface area (Å²) in [7, 11) is 1.56. The second-order valence-electron chi connectivity index (χ2n) is 8.62. The molecule has 2 unspecified atom stereocenters. The molecule has 5 rings (SSSR count). The molecular formula is C24H26N8O. The number of nitrogens with zero attached hydrogens (tertiary/aromatic N) is 6. The molecule has 1 aliphatic rings. The molecule has 0 amide bonds. The van der Waals surface area contributed by atoms with Gasteiger partial charge in [-0.2, -0.15) is 10.2 Å². The van der Waals surface area contributed by atoms with Crippen LogP contribution in [0, 0.1) is 18.3 Å². The van der Waals surface area contributed by atoms with Crippen molar-refractivity contribution in [2.45, 2.75) is 32.9 Å². The fourth-order valence-electron chi connectivity index (χ4n) is 4.61. The number of hydrogen-bond acceptors (Lipinski definition) is 8. The number of hydrogen-bond donors (Lipinski definition) is 2. The molecule has 0 spiro atoms. The van der Waals surface area contributed by atoms with Gasteiger partial charge >= 0.3 is 6.01 Å². The van der Waals surface area contributed by atoms with Crippen LogP contribution in [0.5, 0.6) is 6.01 Å². The minimum atomic E-state index is 0.308. The van der Waals surface area contributed by atoms with Gasteiger partial charge in [-0.3, -0.25) is 0 Å². The average Bonchev–Trinajstić information content (AvgIpc) is 3.17. The Morgan fingerprint density at radius 3 is 2.70 bits per heavy atom. The van der Waals surface area contributed by atoms with Crippen LogP contribution in [-0.2, 0) is 0 Å². The third kappa shape index (κ3) is 3.90. The summed E-state index contributed by atoms with van der Waals surface area (Å²) in [5, 5.41) is 17.6. The number of aromatic nitrogens is 4. The number of pyridine rings is 1. The summed E-state index contributed by atoms with van der Waals surface area (Å²) in [5.41, 5.74) is 5.45. The molecule has 0 aliphatic carbocycles. The van der Waals surface area contributed by atoms with Crippen molar-refractivity contribution in [1.29, 1.82) is 5.26 Å². The van der Waals surface area contributed by atoms with Crippen LogP contribution in [0.15, 0.2) is 36.8 Å². The van der Waals surface area contributed by atoms with E-state index in [1.54, 1.807) is 13.2 Å². The van der Waals surface area contributed by atoms with Crippen molar-refractivity contribution in [2.24, 2.45) is 0 Å². The number of anilines is 3. The number of nitrogens with one attached hydrogen (secondary N) is 2. The zero-order valence-corrected chi connectivity index (χ0v) is 19.1. The van der Waals surface area contributed by atoms with Crippen LogP contribution in [0.3, 0.4) is 0 Å². The minimum absolute atomic E-state index is 0.308. The van der Waals surface area contributed by atoms with Gasteiger partial charge in [0.2, 0.25) is 0 Å². The highest BCUT2D eigenvalue weighted by molar-refractivity contribution is 6.00. The van der Waals surface area contributed by atoms with Crippen LogP contribution in [0.2, 0.25) is 0 Å². The second kappa shape index (κ2) is 8.22. The first-order valence-electron chi connectivity index (χ1n) is 11.0. The van der Waals surface area contributed by atoms with E-state index in [-0.39, 0.29) is 0 Å². The third-order valence-corrected chi connectivity index (χ3v) is 5.86. The molecule has 2 N–H and O–H groups in total. The Morgan fingerprint density at radius 1 is 1.18 bits per heavy atom. The lowest BCUT2D eigenvalue weighted by atomic mass is 10.1. The quantitative estimate of drug-likeness (QED) is 0.496. The molecule has 168 valence electrons. The summed E-state index contributed by atoms with van der Waals surface area (Å²) in [6, 6.07) is 9.26. The van der Waals surface area contributed by atoms with Gasteiger partial charge in [0.1, 0.15) is 11.6 Å². The van der Waals surface area contributed by atoms with E-state index >= 15 is 0 Å². The molecular weight excluding hydrogens is 416 g/mol. The van der Waals surface area contributed by atoms with E-state index in [0.717, 1.165) is 46.7 Å². The fraction of sp³-hybridized carbons (Fsp3) is 0.333. The highest BCUT2D eigenvalue weighted by atomic mass is 16.5. The Hall–Kier alpha value is -3.90. The standard InChI is InChI=1S/C24H26N8O/c1-14-10-31(11-15(2)27-14)21-6-5-20(22-19(21)9-26-24(30-22)33-4)29-18-7-17(8-25)23-28-16(3)12-32(23)13-18/h5-7,9,12-15,27,29H,10-11H2,1-4H3. The van der Waals surface area contributed by atoms with E-state index < -0.39 is 0 Å². The summed E-state index contributed by atoms with van der Waals surface area (Å²) in [6.07, 6.45) is 5.65. The monoisotopic (exact) mass is 442 g/mol. The first kappa shape index (κ1) is 21.0. The maximum Gasteiger partial charge on any atom is 0.316 e. The second-order valence-corrected chi connectivity index (χ2v) is 8.62. The first-order chi connectivity index (χ1) is 15.9. The number of methoxy groups -OCH3 is 1. The number of benzene rings is 1. The molecule has 3 aromatic heterocycles. The molecule has 1 saturated heterocycles. The zero-order valence-electron chi connectivity index (χ0n) is 19.1. The molecule has 4 aromatic rings. The van der Waals surface area contributed by atoms with Crippen molar-refractivity contribution in [1.82, 2.24) is 24.7 Å². The number of aryl methyl sites for hydroxylation is 1. The van der Waals surface area contributed by atoms with Crippen molar-refractivity contribution in [3.05, 3.63) is 48.0 Å². The summed E-state index contributed by atoms with van der Waals surface area (Å²) >= 11 is 0. The van der Waals surface area contributed by atoms with Crippen LogP contribution in [-0.4, -0.2) is 51.6 Å². The molecule has 33 heavy (non-hydrogen) atoms. The lowest BCUT2D eigenvalue weighted by molar-refractivity contribution is 0.381. The van der Waals surface area contributed by atoms with E-state index in [2.05, 4.69) is 56.5 Å². The van der Waals surface area contributed by atoms with E-state index in [0.29, 0.717) is 29.3 Å². The Morgan fingerprint density at radius 2 is 1.97 bits per heavy atom. The number of imidazole rings is 1. The lowest BCUT2D eigenvalue weighted by Gasteiger charge is -2.38. The van der Waals surface area contributed by atoms with Crippen molar-refractivity contribution >= 4 is 33.6 Å². The van der Waals surface area contributed by atoms with Gasteiger partial charge in [0.25, 0.3) is 0 Å². The molecule has 1 aromatic carbocycles. The third-order valence-electron chi connectivity index (χ3n) is 5.86. The lowest BCUT2D eigenvalue weighted by Crippen LogP contribution is -2.54. The highest BCUT2D eigenvalue weighted by Crippen LogP contribution is 2.34. The molecule has 4 heterocycles. The fourth-order valence-corrected chi connectivity index (χ4v) is 4.61. The molecule has 0 bridgehead atoms. The SMILES string of the molecule is COc1ncc2c(N3CC(C)NC(C)C3)ccc(Nc3cc(C#N)c4nc(C)cn4c3)c2n1. The summed E-state index contributed by atoms with van der Waals surface area (Å²) in [6.45, 7) is 8.11. The van der Waals surface area contributed by atoms with Gasteiger partial charge < -0.3 is 24.7 Å². The predicted octanol–water partition coefficient (Wildman–Crippen LogP) is 3.40. The van der Waals surface area contributed by atoms with Gasteiger partial charge in [0, 0.05) is 54.8 Å². The highest BCUT2D eigenvalue weighted by Gasteiger charge is 2.23. The van der Waals surface area contributed by atoms with Gasteiger partial charge in [-0.05, 0) is 39.0 Å². The Kier molecular flexibility index (Phi) is 5.23. The van der Waals surface area contributed by atoms with Crippen molar-refractivity contribution in [3.63, 3.8) is 0 Å². The summed E-state index contributed by atoms with van der Waals surface area (Å²) < 4.78 is 7.18. The van der Waals surface area contributed by atoms with Gasteiger partial charge in [0.05, 0.1) is 29.7 Å². The van der Waals surface area contributed by atoms with Crippen LogP contribution < -0.4 is 20.3 Å². The average molecular weight is 443 g/mol. The molecule has 9 nitrogen and oxygen atoms in total. The van der Waals surface area contributed by atoms with Crippen molar-refractivity contribution in [2.75, 3.05) is 30.4 Å². The largest absolute Gasteiger partial charge is 0.467 e. The summed E-state index contributed by atoms with van der Waals surface area (Å²) in [4.78, 5) is 15.9. The smallest absolute Gasteiger partial charge is 0.316 e. The Balaban J connectivity index is 1.60. The molecule has 9 heteroatoms. The maximum atomic E-state index is 9.62. The van der Waals surface area contributed by atoms with E-state index in [1.807, 2.05) is 36.0 Å². The number of nitriles is 1. The molecule has 1 fully saturated rings. The predicted molar refractivity (Wildman–Crippen MR) is 128 cm³/mol. The van der Waals surface area contributed by atoms with Crippen molar-refractivity contribution < 1.29 is 4.74 Å². The zero-order chi connectivity index (χ0) is 23.1. The maximum absolute atomic E-state index is 9.62. The summed E-state index contributed by atoms with van der Waals surface area (Å²) in [5.74, 6) is 0. The molecule has 1 aliphatic heterocycles. The van der Waals surface area contributed by atoms with Gasteiger partial charge in [0.15, 0.2) is 5.65 Å². The normalized spacial score (nSPS) is 18.5. The Labute approximate surface area is 192 Å². The van der Waals surface area contributed by atoms with E-state index in [9.17, 15) is 5.26 Å². The van der Waals surface area contributed by atoms with E-state index in [1.165, 1.54) is 0 Å². The molecule has 0 saturated carbocycles. The van der Waals surface area contributed by atoms with E-state index in [4.69, 9.17) is 4.74 Å². The number of ether oxygens (including phenoxy) is 1. The number of fused-ring (bicyclic) bond motifs is 2. The van der Waals surface area contributed by atoms with Crippen LogP contribution >= 0.6 is 0 Å². The topological polar surface area (TPSA) is 103 Å². The van der Waals surface area contributed by atoms with Gasteiger partial charge in [-0.15, -0.1) is 0 Å². The van der Waals surface area contributed by atoms with Crippen LogP contribution in [0.1, 0.15) is 25.1 Å². The number of rotatable bonds is 4. The molecule has 0 radical (unpaired) electrons. The molecule has 2 atom stereocenters. The van der Waals surface area contributed by atoms with Gasteiger partial charge in [-0.1, -0.05) is 0 Å². The minimum Gasteiger partial charge on any atom is -0.467 e. The van der Waals surface area contributed by atoms with Crippen LogP contribution in [0.4, 0.5) is 17.1 Å². The Bertz CT molecular complexity index is 1380. The van der Waals surface area contributed by atoms with Gasteiger partial charge in [-0.25, -0.2) is 9.97 Å². The van der Waals surface area contributed by atoms with Crippen molar-refractivity contribution in [3.8, 4) is 12.1 Å². The number of piperazine rings is 1.